The maximum Gasteiger partial charge on any atom is 0.308 e. The Hall–Kier alpha value is -2.34. The van der Waals surface area contributed by atoms with Gasteiger partial charge in [-0.05, 0) is 42.3 Å². The fourth-order valence-electron chi connectivity index (χ4n) is 4.14. The van der Waals surface area contributed by atoms with E-state index in [2.05, 4.69) is 15.9 Å². The number of carbonyl (C=O) groups excluding carboxylic acids is 2. The quantitative estimate of drug-likeness (QED) is 0.685. The first-order valence-electron chi connectivity index (χ1n) is 8.99. The Bertz CT molecular complexity index is 911. The van der Waals surface area contributed by atoms with Gasteiger partial charge in [-0.1, -0.05) is 35.0 Å². The van der Waals surface area contributed by atoms with Gasteiger partial charge in [0.25, 0.3) is 5.91 Å². The van der Waals surface area contributed by atoms with E-state index in [4.69, 9.17) is 9.47 Å². The molecule has 0 radical (unpaired) electrons. The third-order valence-corrected chi connectivity index (χ3v) is 5.81. The van der Waals surface area contributed by atoms with Gasteiger partial charge < -0.3 is 14.4 Å². The molecule has 4 rings (SSSR count). The van der Waals surface area contributed by atoms with E-state index in [1.165, 1.54) is 0 Å². The second-order valence-corrected chi connectivity index (χ2v) is 7.77. The summed E-state index contributed by atoms with van der Waals surface area (Å²) >= 11 is 3.50. The van der Waals surface area contributed by atoms with Gasteiger partial charge in [-0.3, -0.25) is 9.59 Å². The van der Waals surface area contributed by atoms with Crippen LogP contribution in [0.1, 0.15) is 36.8 Å². The minimum Gasteiger partial charge on any atom is -0.497 e. The zero-order valence-electron chi connectivity index (χ0n) is 15.2. The lowest BCUT2D eigenvalue weighted by molar-refractivity contribution is -0.157. The van der Waals surface area contributed by atoms with Crippen LogP contribution in [0.3, 0.4) is 0 Å². The number of esters is 1. The molecule has 0 aromatic heterocycles. The van der Waals surface area contributed by atoms with Crippen molar-refractivity contribution in [1.29, 1.82) is 0 Å². The Kier molecular flexibility index (Phi) is 4.46. The number of hydrogen-bond acceptors (Lipinski definition) is 4. The van der Waals surface area contributed by atoms with Crippen molar-refractivity contribution in [2.24, 2.45) is 0 Å². The summed E-state index contributed by atoms with van der Waals surface area (Å²) in [5.41, 5.74) is 1.15. The van der Waals surface area contributed by atoms with Gasteiger partial charge in [0.2, 0.25) is 5.60 Å². The standard InChI is InChI=1S/C21H20BrNO4/c1-3-10-23-18-9-6-14(22)11-17(18)21(20(23)25)16(12-19(24)27-21)13-4-7-15(26-2)8-5-13/h4-9,11,16H,3,10,12H2,1-2H3/t16-,21+/m1/s1. The Morgan fingerprint density at radius 1 is 1.22 bits per heavy atom. The summed E-state index contributed by atoms with van der Waals surface area (Å²) in [4.78, 5) is 27.7. The third kappa shape index (κ3) is 2.65. The van der Waals surface area contributed by atoms with Crippen LogP contribution in [-0.2, 0) is 19.9 Å². The molecule has 5 nitrogen and oxygen atoms in total. The van der Waals surface area contributed by atoms with E-state index < -0.39 is 5.60 Å². The number of nitrogens with zero attached hydrogens (tertiary/aromatic N) is 1. The van der Waals surface area contributed by atoms with E-state index in [0.29, 0.717) is 6.54 Å². The second kappa shape index (κ2) is 6.68. The van der Waals surface area contributed by atoms with Crippen LogP contribution in [0.15, 0.2) is 46.9 Å². The number of halogens is 1. The highest BCUT2D eigenvalue weighted by Gasteiger charge is 2.63. The van der Waals surface area contributed by atoms with Crippen LogP contribution in [-0.4, -0.2) is 25.5 Å². The SMILES string of the molecule is CCCN1C(=O)[C@@]2(OC(=O)C[C@@H]2c2ccc(OC)cc2)c2cc(Br)ccc21. The normalized spacial score (nSPS) is 23.7. The fraction of sp³-hybridized carbons (Fsp3) is 0.333. The summed E-state index contributed by atoms with van der Waals surface area (Å²) in [6, 6.07) is 13.2. The van der Waals surface area contributed by atoms with Gasteiger partial charge in [0, 0.05) is 22.5 Å². The highest BCUT2D eigenvalue weighted by atomic mass is 79.9. The molecule has 140 valence electrons. The van der Waals surface area contributed by atoms with Gasteiger partial charge in [0.15, 0.2) is 0 Å². The molecule has 1 spiro atoms. The van der Waals surface area contributed by atoms with Crippen LogP contribution >= 0.6 is 15.9 Å². The van der Waals surface area contributed by atoms with Gasteiger partial charge >= 0.3 is 5.97 Å². The molecule has 2 heterocycles. The van der Waals surface area contributed by atoms with E-state index in [9.17, 15) is 9.59 Å². The number of anilines is 1. The summed E-state index contributed by atoms with van der Waals surface area (Å²) in [5.74, 6) is -0.164. The molecular weight excluding hydrogens is 410 g/mol. The molecule has 0 N–H and O–H groups in total. The summed E-state index contributed by atoms with van der Waals surface area (Å²) in [6.45, 7) is 2.61. The first-order valence-corrected chi connectivity index (χ1v) is 9.78. The molecule has 2 aromatic carbocycles. The molecule has 2 aromatic rings. The van der Waals surface area contributed by atoms with Gasteiger partial charge in [0.05, 0.1) is 19.2 Å². The number of ether oxygens (including phenoxy) is 2. The molecule has 2 atom stereocenters. The van der Waals surface area contributed by atoms with Crippen LogP contribution in [0.4, 0.5) is 5.69 Å². The molecule has 0 unspecified atom stereocenters. The molecule has 1 amide bonds. The Morgan fingerprint density at radius 2 is 1.96 bits per heavy atom. The number of amides is 1. The number of benzene rings is 2. The van der Waals surface area contributed by atoms with Crippen molar-refractivity contribution < 1.29 is 19.1 Å². The van der Waals surface area contributed by atoms with Gasteiger partial charge in [-0.15, -0.1) is 0 Å². The maximum absolute atomic E-state index is 13.5. The highest BCUT2D eigenvalue weighted by Crippen LogP contribution is 2.56. The first-order chi connectivity index (χ1) is 13.0. The molecule has 1 fully saturated rings. The van der Waals surface area contributed by atoms with Gasteiger partial charge in [-0.25, -0.2) is 0 Å². The predicted octanol–water partition coefficient (Wildman–Crippen LogP) is 4.14. The van der Waals surface area contributed by atoms with Gasteiger partial charge in [-0.2, -0.15) is 0 Å². The molecule has 1 saturated heterocycles. The van der Waals surface area contributed by atoms with Crippen LogP contribution in [0.25, 0.3) is 0 Å². The predicted molar refractivity (Wildman–Crippen MR) is 105 cm³/mol. The topological polar surface area (TPSA) is 55.8 Å². The molecule has 2 aliphatic rings. The Labute approximate surface area is 166 Å². The van der Waals surface area contributed by atoms with Crippen molar-refractivity contribution in [3.05, 3.63) is 58.1 Å². The summed E-state index contributed by atoms with van der Waals surface area (Å²) in [5, 5.41) is 0. The Balaban J connectivity index is 1.89. The molecule has 2 aliphatic heterocycles. The lowest BCUT2D eigenvalue weighted by Gasteiger charge is -2.29. The minimum atomic E-state index is -1.31. The number of carbonyl (C=O) groups is 2. The average molecular weight is 430 g/mol. The average Bonchev–Trinajstić information content (AvgIpc) is 3.13. The van der Waals surface area contributed by atoms with E-state index in [0.717, 1.165) is 33.5 Å². The van der Waals surface area contributed by atoms with Gasteiger partial charge in [0.1, 0.15) is 5.75 Å². The van der Waals surface area contributed by atoms with Crippen LogP contribution in [0, 0.1) is 0 Å². The zero-order chi connectivity index (χ0) is 19.2. The molecule has 6 heteroatoms. The lowest BCUT2D eigenvalue weighted by atomic mass is 9.78. The minimum absolute atomic E-state index is 0.163. The molecule has 0 saturated carbocycles. The number of fused-ring (bicyclic) bond motifs is 2. The number of rotatable bonds is 4. The van der Waals surface area contributed by atoms with Crippen molar-refractivity contribution in [1.82, 2.24) is 0 Å². The summed E-state index contributed by atoms with van der Waals surface area (Å²) < 4.78 is 11.9. The number of hydrogen-bond donors (Lipinski definition) is 0. The zero-order valence-corrected chi connectivity index (χ0v) is 16.8. The molecule has 0 bridgehead atoms. The molecular formula is C21H20BrNO4. The second-order valence-electron chi connectivity index (χ2n) is 6.86. The monoisotopic (exact) mass is 429 g/mol. The first kappa shape index (κ1) is 18.0. The third-order valence-electron chi connectivity index (χ3n) is 5.31. The van der Waals surface area contributed by atoms with Crippen molar-refractivity contribution in [3.8, 4) is 5.75 Å². The fourth-order valence-corrected chi connectivity index (χ4v) is 4.50. The van der Waals surface area contributed by atoms with Crippen LogP contribution < -0.4 is 9.64 Å². The van der Waals surface area contributed by atoms with E-state index >= 15 is 0 Å². The Morgan fingerprint density at radius 3 is 2.63 bits per heavy atom. The van der Waals surface area contributed by atoms with Crippen molar-refractivity contribution >= 4 is 33.5 Å². The summed E-state index contributed by atoms with van der Waals surface area (Å²) in [7, 11) is 1.61. The maximum atomic E-state index is 13.5. The van der Waals surface area contributed by atoms with E-state index in [1.54, 1.807) is 12.0 Å². The van der Waals surface area contributed by atoms with Crippen molar-refractivity contribution in [2.75, 3.05) is 18.6 Å². The highest BCUT2D eigenvalue weighted by molar-refractivity contribution is 9.10. The van der Waals surface area contributed by atoms with E-state index in [-0.39, 0.29) is 24.2 Å². The molecule has 27 heavy (non-hydrogen) atoms. The van der Waals surface area contributed by atoms with Crippen LogP contribution in [0.5, 0.6) is 5.75 Å². The van der Waals surface area contributed by atoms with E-state index in [1.807, 2.05) is 49.4 Å². The van der Waals surface area contributed by atoms with Crippen LogP contribution in [0.2, 0.25) is 0 Å². The lowest BCUT2D eigenvalue weighted by Crippen LogP contribution is -2.43. The largest absolute Gasteiger partial charge is 0.497 e. The summed E-state index contributed by atoms with van der Waals surface area (Å²) in [6.07, 6.45) is 0.989. The molecule has 0 aliphatic carbocycles. The van der Waals surface area contributed by atoms with Crippen molar-refractivity contribution in [2.45, 2.75) is 31.3 Å². The van der Waals surface area contributed by atoms with Crippen molar-refractivity contribution in [3.63, 3.8) is 0 Å². The number of methoxy groups -OCH3 is 1. The smallest absolute Gasteiger partial charge is 0.308 e.